The number of ether oxygens (including phenoxy) is 1. The monoisotopic (exact) mass is 275 g/mol. The molecule has 1 aliphatic rings. The maximum absolute atomic E-state index is 11.7. The van der Waals surface area contributed by atoms with Crippen LogP contribution >= 0.6 is 0 Å². The molecule has 0 N–H and O–H groups in total. The summed E-state index contributed by atoms with van der Waals surface area (Å²) < 4.78 is 5.41. The van der Waals surface area contributed by atoms with E-state index in [9.17, 15) is 4.79 Å². The summed E-state index contributed by atoms with van der Waals surface area (Å²) in [7, 11) is 3.73. The fourth-order valence-electron chi connectivity index (χ4n) is 3.15. The summed E-state index contributed by atoms with van der Waals surface area (Å²) in [5.74, 6) is 1.61. The molecule has 0 amide bonds. The highest BCUT2D eigenvalue weighted by Crippen LogP contribution is 2.39. The minimum Gasteiger partial charge on any atom is -0.495 e. The molecule has 0 atom stereocenters. The molecule has 110 valence electrons. The van der Waals surface area contributed by atoms with Crippen molar-refractivity contribution in [2.45, 2.75) is 32.6 Å². The van der Waals surface area contributed by atoms with E-state index in [1.807, 2.05) is 31.3 Å². The third-order valence-corrected chi connectivity index (χ3v) is 4.57. The molecule has 0 unspecified atom stereocenters. The van der Waals surface area contributed by atoms with Gasteiger partial charge in [0.05, 0.1) is 12.8 Å². The van der Waals surface area contributed by atoms with Gasteiger partial charge in [0.15, 0.2) is 0 Å². The van der Waals surface area contributed by atoms with Crippen LogP contribution in [0.25, 0.3) is 0 Å². The molecule has 0 aromatic heterocycles. The summed E-state index contributed by atoms with van der Waals surface area (Å²) >= 11 is 0. The molecule has 0 heterocycles. The highest BCUT2D eigenvalue weighted by molar-refractivity contribution is 5.64. The van der Waals surface area contributed by atoms with Crippen LogP contribution in [0.2, 0.25) is 0 Å². The maximum Gasteiger partial charge on any atom is 0.142 e. The van der Waals surface area contributed by atoms with Gasteiger partial charge in [-0.25, -0.2) is 0 Å². The summed E-state index contributed by atoms with van der Waals surface area (Å²) in [6.45, 7) is 3.04. The van der Waals surface area contributed by atoms with Gasteiger partial charge in [0.1, 0.15) is 12.0 Å². The number of para-hydroxylation sites is 2. The maximum atomic E-state index is 11.7. The third kappa shape index (κ3) is 3.14. The topological polar surface area (TPSA) is 29.5 Å². The van der Waals surface area contributed by atoms with Crippen molar-refractivity contribution in [3.8, 4) is 5.75 Å². The number of nitrogens with zero attached hydrogens (tertiary/aromatic N) is 1. The van der Waals surface area contributed by atoms with Crippen molar-refractivity contribution in [1.82, 2.24) is 0 Å². The van der Waals surface area contributed by atoms with Crippen LogP contribution in [-0.2, 0) is 4.79 Å². The predicted octanol–water partition coefficient (Wildman–Crippen LogP) is 3.53. The molecular weight excluding hydrogens is 250 g/mol. The molecule has 0 bridgehead atoms. The second-order valence-corrected chi connectivity index (χ2v) is 6.19. The Morgan fingerprint density at radius 3 is 2.60 bits per heavy atom. The molecule has 1 fully saturated rings. The first-order valence-electron chi connectivity index (χ1n) is 7.41. The van der Waals surface area contributed by atoms with Crippen molar-refractivity contribution in [3.05, 3.63) is 24.3 Å². The Bertz CT molecular complexity index is 450. The molecule has 3 heteroatoms. The van der Waals surface area contributed by atoms with Gasteiger partial charge in [-0.2, -0.15) is 0 Å². The van der Waals surface area contributed by atoms with E-state index in [0.717, 1.165) is 49.6 Å². The highest BCUT2D eigenvalue weighted by atomic mass is 16.5. The first-order chi connectivity index (χ1) is 9.60. The van der Waals surface area contributed by atoms with Crippen LogP contribution in [0, 0.1) is 11.3 Å². The van der Waals surface area contributed by atoms with Crippen LogP contribution in [0.5, 0.6) is 5.75 Å². The zero-order valence-corrected chi connectivity index (χ0v) is 12.8. The van der Waals surface area contributed by atoms with Gasteiger partial charge in [-0.3, -0.25) is 0 Å². The lowest BCUT2D eigenvalue weighted by Gasteiger charge is -2.38. The largest absolute Gasteiger partial charge is 0.495 e. The third-order valence-electron chi connectivity index (χ3n) is 4.57. The normalized spacial score (nSPS) is 26.1. The number of anilines is 1. The molecule has 1 saturated carbocycles. The first kappa shape index (κ1) is 14.9. The molecule has 0 spiro atoms. The SMILES string of the molecule is COc1ccccc1N(C)CC1(C=O)CCC(C)CC1. The molecule has 1 aromatic rings. The molecule has 0 aliphatic heterocycles. The smallest absolute Gasteiger partial charge is 0.142 e. The van der Waals surface area contributed by atoms with Crippen molar-refractivity contribution >= 4 is 12.0 Å². The van der Waals surface area contributed by atoms with Gasteiger partial charge in [0.25, 0.3) is 0 Å². The van der Waals surface area contributed by atoms with Crippen LogP contribution in [0.4, 0.5) is 5.69 Å². The van der Waals surface area contributed by atoms with Gasteiger partial charge in [-0.15, -0.1) is 0 Å². The zero-order chi connectivity index (χ0) is 14.6. The molecule has 0 saturated heterocycles. The second kappa shape index (κ2) is 6.29. The van der Waals surface area contributed by atoms with Crippen molar-refractivity contribution in [1.29, 1.82) is 0 Å². The summed E-state index contributed by atoms with van der Waals surface area (Å²) in [6.07, 6.45) is 5.48. The van der Waals surface area contributed by atoms with Crippen LogP contribution < -0.4 is 9.64 Å². The quantitative estimate of drug-likeness (QED) is 0.770. The van der Waals surface area contributed by atoms with Crippen molar-refractivity contribution in [3.63, 3.8) is 0 Å². The van der Waals surface area contributed by atoms with E-state index in [1.165, 1.54) is 6.29 Å². The Balaban J connectivity index is 2.13. The number of carbonyl (C=O) groups excluding carboxylic acids is 1. The Kier molecular flexibility index (Phi) is 4.69. The minimum absolute atomic E-state index is 0.192. The van der Waals surface area contributed by atoms with Gasteiger partial charge in [0, 0.05) is 19.0 Å². The van der Waals surface area contributed by atoms with Gasteiger partial charge >= 0.3 is 0 Å². The van der Waals surface area contributed by atoms with Gasteiger partial charge in [0.2, 0.25) is 0 Å². The lowest BCUT2D eigenvalue weighted by molar-refractivity contribution is -0.117. The number of hydrogen-bond donors (Lipinski definition) is 0. The predicted molar refractivity (Wildman–Crippen MR) is 82.4 cm³/mol. The Hall–Kier alpha value is -1.51. The van der Waals surface area contributed by atoms with Gasteiger partial charge in [-0.1, -0.05) is 19.1 Å². The summed E-state index contributed by atoms with van der Waals surface area (Å²) in [4.78, 5) is 13.8. The number of carbonyl (C=O) groups is 1. The molecule has 3 nitrogen and oxygen atoms in total. The average molecular weight is 275 g/mol. The fourth-order valence-corrected chi connectivity index (χ4v) is 3.15. The lowest BCUT2D eigenvalue weighted by atomic mass is 9.71. The molecular formula is C17H25NO2. The molecule has 1 aromatic carbocycles. The summed E-state index contributed by atoms with van der Waals surface area (Å²) in [5.41, 5.74) is 0.858. The van der Waals surface area contributed by atoms with Crippen molar-refractivity contribution in [2.24, 2.45) is 11.3 Å². The van der Waals surface area contributed by atoms with Crippen LogP contribution in [0.1, 0.15) is 32.6 Å². The summed E-state index contributed by atoms with van der Waals surface area (Å²) in [6, 6.07) is 7.98. The standard InChI is InChI=1S/C17H25NO2/c1-14-8-10-17(13-19,11-9-14)12-18(2)15-6-4-5-7-16(15)20-3/h4-7,13-14H,8-12H2,1-3H3. The number of aldehydes is 1. The zero-order valence-electron chi connectivity index (χ0n) is 12.8. The second-order valence-electron chi connectivity index (χ2n) is 6.19. The Morgan fingerprint density at radius 2 is 2.00 bits per heavy atom. The van der Waals surface area contributed by atoms with E-state index in [1.54, 1.807) is 7.11 Å². The minimum atomic E-state index is -0.192. The number of hydrogen-bond acceptors (Lipinski definition) is 3. The fraction of sp³-hybridized carbons (Fsp3) is 0.588. The Labute approximate surface area is 121 Å². The molecule has 20 heavy (non-hydrogen) atoms. The number of rotatable bonds is 5. The highest BCUT2D eigenvalue weighted by Gasteiger charge is 2.35. The molecule has 2 rings (SSSR count). The van der Waals surface area contributed by atoms with Crippen LogP contribution in [-0.4, -0.2) is 27.0 Å². The first-order valence-corrected chi connectivity index (χ1v) is 7.41. The van der Waals surface area contributed by atoms with Crippen molar-refractivity contribution < 1.29 is 9.53 Å². The summed E-state index contributed by atoms with van der Waals surface area (Å²) in [5, 5.41) is 0. The average Bonchev–Trinajstić information content (AvgIpc) is 2.49. The van der Waals surface area contributed by atoms with Gasteiger partial charge < -0.3 is 14.4 Å². The number of benzene rings is 1. The molecule has 0 radical (unpaired) electrons. The van der Waals surface area contributed by atoms with Crippen LogP contribution in [0.15, 0.2) is 24.3 Å². The van der Waals surface area contributed by atoms with Crippen LogP contribution in [0.3, 0.4) is 0 Å². The lowest BCUT2D eigenvalue weighted by Crippen LogP contribution is -2.39. The van der Waals surface area contributed by atoms with Crippen molar-refractivity contribution in [2.75, 3.05) is 25.6 Å². The van der Waals surface area contributed by atoms with E-state index < -0.39 is 0 Å². The Morgan fingerprint density at radius 1 is 1.35 bits per heavy atom. The van der Waals surface area contributed by atoms with Gasteiger partial charge in [-0.05, 0) is 43.7 Å². The van der Waals surface area contributed by atoms with E-state index in [0.29, 0.717) is 0 Å². The molecule has 1 aliphatic carbocycles. The van der Waals surface area contributed by atoms with E-state index in [4.69, 9.17) is 4.74 Å². The van der Waals surface area contributed by atoms with E-state index in [-0.39, 0.29) is 5.41 Å². The number of methoxy groups -OCH3 is 1. The van der Waals surface area contributed by atoms with E-state index >= 15 is 0 Å². The van der Waals surface area contributed by atoms with E-state index in [2.05, 4.69) is 11.8 Å².